The molecule has 7 nitrogen and oxygen atoms in total. The summed E-state index contributed by atoms with van der Waals surface area (Å²) >= 11 is 0. The average molecular weight is 429 g/mol. The number of carbonyl (C=O) groups is 1. The van der Waals surface area contributed by atoms with Crippen molar-refractivity contribution in [3.8, 4) is 0 Å². The Kier molecular flexibility index (Phi) is 6.34. The molecule has 2 saturated heterocycles. The van der Waals surface area contributed by atoms with Crippen LogP contribution in [0.25, 0.3) is 0 Å². The first kappa shape index (κ1) is 20.8. The third kappa shape index (κ3) is 4.65. The van der Waals surface area contributed by atoms with Gasteiger partial charge in [0.25, 0.3) is 5.91 Å². The van der Waals surface area contributed by atoms with Crippen LogP contribution in [0.1, 0.15) is 48.0 Å². The van der Waals surface area contributed by atoms with Crippen molar-refractivity contribution in [1.82, 2.24) is 14.6 Å². The fraction of sp³-hybridized carbons (Fsp3) is 0.455. The van der Waals surface area contributed by atoms with Crippen LogP contribution in [-0.2, 0) is 16.6 Å². The maximum absolute atomic E-state index is 12.9. The minimum atomic E-state index is -3.56. The number of amides is 1. The summed E-state index contributed by atoms with van der Waals surface area (Å²) in [7, 11) is -3.56. The molecule has 2 aliphatic heterocycles. The van der Waals surface area contributed by atoms with Crippen molar-refractivity contribution in [2.24, 2.45) is 0 Å². The molecule has 0 bridgehead atoms. The van der Waals surface area contributed by atoms with Crippen molar-refractivity contribution in [3.63, 3.8) is 0 Å². The molecule has 30 heavy (non-hydrogen) atoms. The summed E-state index contributed by atoms with van der Waals surface area (Å²) in [5.41, 5.74) is 1.25. The van der Waals surface area contributed by atoms with Gasteiger partial charge in [-0.1, -0.05) is 18.6 Å². The van der Waals surface area contributed by atoms with E-state index in [1.807, 2.05) is 12.1 Å². The second-order valence-corrected chi connectivity index (χ2v) is 9.83. The van der Waals surface area contributed by atoms with Gasteiger partial charge in [0, 0.05) is 44.5 Å². The van der Waals surface area contributed by atoms with Crippen molar-refractivity contribution in [2.45, 2.75) is 43.5 Å². The van der Waals surface area contributed by atoms with Crippen LogP contribution in [0, 0.1) is 0 Å². The van der Waals surface area contributed by atoms with Crippen molar-refractivity contribution < 1.29 is 13.2 Å². The summed E-state index contributed by atoms with van der Waals surface area (Å²) in [5, 5.41) is 2.86. The lowest BCUT2D eigenvalue weighted by molar-refractivity contribution is 0.0950. The van der Waals surface area contributed by atoms with Gasteiger partial charge in [0.2, 0.25) is 10.0 Å². The fourth-order valence-electron chi connectivity index (χ4n) is 3.99. The van der Waals surface area contributed by atoms with Crippen LogP contribution in [0.15, 0.2) is 47.5 Å². The number of hydrogen-bond acceptors (Lipinski definition) is 5. The van der Waals surface area contributed by atoms with E-state index in [2.05, 4.69) is 15.2 Å². The molecule has 160 valence electrons. The number of sulfonamides is 1. The number of nitrogens with zero attached hydrogens (tertiary/aromatic N) is 3. The number of nitrogens with one attached hydrogen (secondary N) is 1. The molecule has 8 heteroatoms. The molecule has 1 aromatic carbocycles. The Balaban J connectivity index is 1.39. The van der Waals surface area contributed by atoms with Gasteiger partial charge in [-0.25, -0.2) is 13.4 Å². The summed E-state index contributed by atoms with van der Waals surface area (Å²) in [6.45, 7) is 3.51. The Morgan fingerprint density at radius 2 is 1.70 bits per heavy atom. The highest BCUT2D eigenvalue weighted by molar-refractivity contribution is 7.89. The molecule has 0 aliphatic carbocycles. The molecule has 3 heterocycles. The Morgan fingerprint density at radius 1 is 0.967 bits per heavy atom. The largest absolute Gasteiger partial charge is 0.357 e. The highest BCUT2D eigenvalue weighted by Crippen LogP contribution is 2.21. The number of piperidine rings is 1. The van der Waals surface area contributed by atoms with Crippen LogP contribution in [-0.4, -0.2) is 49.8 Å². The number of aromatic nitrogens is 1. The summed E-state index contributed by atoms with van der Waals surface area (Å²) in [4.78, 5) is 19.5. The second-order valence-electron chi connectivity index (χ2n) is 7.89. The summed E-state index contributed by atoms with van der Waals surface area (Å²) in [5.74, 6) is 0.674. The van der Waals surface area contributed by atoms with Crippen LogP contribution in [0.4, 0.5) is 5.82 Å². The molecular formula is C22H28N4O3S. The predicted octanol–water partition coefficient (Wildman–Crippen LogP) is 2.79. The van der Waals surface area contributed by atoms with Crippen LogP contribution in [0.2, 0.25) is 0 Å². The van der Waals surface area contributed by atoms with E-state index in [4.69, 9.17) is 0 Å². The zero-order valence-electron chi connectivity index (χ0n) is 17.1. The summed E-state index contributed by atoms with van der Waals surface area (Å²) < 4.78 is 27.2. The number of hydrogen-bond donors (Lipinski definition) is 1. The molecule has 2 fully saturated rings. The van der Waals surface area contributed by atoms with Crippen molar-refractivity contribution in [3.05, 3.63) is 53.7 Å². The Labute approximate surface area is 178 Å². The Hall–Kier alpha value is -2.45. The molecule has 1 aromatic heterocycles. The third-order valence-electron chi connectivity index (χ3n) is 5.74. The number of rotatable bonds is 6. The van der Waals surface area contributed by atoms with Gasteiger partial charge in [-0.05, 0) is 55.5 Å². The van der Waals surface area contributed by atoms with Gasteiger partial charge in [-0.2, -0.15) is 4.31 Å². The first-order valence-corrected chi connectivity index (χ1v) is 12.1. The van der Waals surface area contributed by atoms with Crippen LogP contribution in [0.5, 0.6) is 0 Å². The van der Waals surface area contributed by atoms with E-state index in [1.54, 1.807) is 24.4 Å². The molecule has 2 aromatic rings. The maximum Gasteiger partial charge on any atom is 0.251 e. The third-order valence-corrected chi connectivity index (χ3v) is 7.64. The molecule has 0 radical (unpaired) electrons. The minimum Gasteiger partial charge on any atom is -0.357 e. The van der Waals surface area contributed by atoms with Crippen LogP contribution < -0.4 is 10.2 Å². The summed E-state index contributed by atoms with van der Waals surface area (Å²) in [6, 6.07) is 10.2. The number of benzene rings is 1. The van der Waals surface area contributed by atoms with E-state index >= 15 is 0 Å². The van der Waals surface area contributed by atoms with E-state index < -0.39 is 10.0 Å². The predicted molar refractivity (Wildman–Crippen MR) is 116 cm³/mol. The number of anilines is 1. The monoisotopic (exact) mass is 428 g/mol. The quantitative estimate of drug-likeness (QED) is 0.765. The van der Waals surface area contributed by atoms with Gasteiger partial charge in [0.05, 0.1) is 4.90 Å². The van der Waals surface area contributed by atoms with Crippen molar-refractivity contribution >= 4 is 21.7 Å². The van der Waals surface area contributed by atoms with E-state index in [0.29, 0.717) is 25.2 Å². The first-order chi connectivity index (χ1) is 14.5. The number of carbonyl (C=O) groups excluding carboxylic acids is 1. The van der Waals surface area contributed by atoms with E-state index in [1.165, 1.54) is 23.2 Å². The molecule has 0 unspecified atom stereocenters. The Bertz CT molecular complexity index is 980. The van der Waals surface area contributed by atoms with Gasteiger partial charge in [0.15, 0.2) is 0 Å². The molecule has 4 rings (SSSR count). The summed E-state index contributed by atoms with van der Waals surface area (Å²) in [6.07, 6.45) is 7.00. The standard InChI is InChI=1S/C22H28N4O3S/c27-22(24-17-18-9-10-21(23-16-18)25-11-4-5-12-25)19-7-6-8-20(15-19)30(28,29)26-13-2-1-3-14-26/h6-10,15-16H,1-5,11-14,17H2,(H,24,27). The molecule has 0 spiro atoms. The van der Waals surface area contributed by atoms with E-state index in [9.17, 15) is 13.2 Å². The highest BCUT2D eigenvalue weighted by atomic mass is 32.2. The van der Waals surface area contributed by atoms with E-state index in [-0.39, 0.29) is 10.8 Å². The highest BCUT2D eigenvalue weighted by Gasteiger charge is 2.26. The topological polar surface area (TPSA) is 82.6 Å². The molecular weight excluding hydrogens is 400 g/mol. The second kappa shape index (κ2) is 9.14. The zero-order valence-corrected chi connectivity index (χ0v) is 17.9. The van der Waals surface area contributed by atoms with Gasteiger partial charge in [-0.3, -0.25) is 4.79 Å². The lowest BCUT2D eigenvalue weighted by Gasteiger charge is -2.26. The lowest BCUT2D eigenvalue weighted by Crippen LogP contribution is -2.35. The molecule has 0 saturated carbocycles. The van der Waals surface area contributed by atoms with Gasteiger partial charge in [-0.15, -0.1) is 0 Å². The normalized spacial score (nSPS) is 17.8. The van der Waals surface area contributed by atoms with Crippen molar-refractivity contribution in [1.29, 1.82) is 0 Å². The average Bonchev–Trinajstić information content (AvgIpc) is 3.33. The zero-order chi connectivity index (χ0) is 21.0. The Morgan fingerprint density at radius 3 is 2.40 bits per heavy atom. The fourth-order valence-corrected chi connectivity index (χ4v) is 5.55. The van der Waals surface area contributed by atoms with Crippen molar-refractivity contribution in [2.75, 3.05) is 31.1 Å². The maximum atomic E-state index is 12.9. The smallest absolute Gasteiger partial charge is 0.251 e. The lowest BCUT2D eigenvalue weighted by atomic mass is 10.2. The van der Waals surface area contributed by atoms with Gasteiger partial charge < -0.3 is 10.2 Å². The van der Waals surface area contributed by atoms with E-state index in [0.717, 1.165) is 43.7 Å². The molecule has 0 atom stereocenters. The molecule has 1 N–H and O–H groups in total. The minimum absolute atomic E-state index is 0.175. The molecule has 1 amide bonds. The first-order valence-electron chi connectivity index (χ1n) is 10.6. The molecule has 2 aliphatic rings. The van der Waals surface area contributed by atoms with Crippen LogP contribution in [0.3, 0.4) is 0 Å². The number of pyridine rings is 1. The SMILES string of the molecule is O=C(NCc1ccc(N2CCCC2)nc1)c1cccc(S(=O)(=O)N2CCCCC2)c1. The van der Waals surface area contributed by atoms with Gasteiger partial charge >= 0.3 is 0 Å². The van der Waals surface area contributed by atoms with Gasteiger partial charge in [0.1, 0.15) is 5.82 Å². The van der Waals surface area contributed by atoms with Crippen LogP contribution >= 0.6 is 0 Å².